The Labute approximate surface area is 87.5 Å². The van der Waals surface area contributed by atoms with Gasteiger partial charge in [0, 0.05) is 18.3 Å². The van der Waals surface area contributed by atoms with Gasteiger partial charge in [0.2, 0.25) is 0 Å². The quantitative estimate of drug-likeness (QED) is 0.672. The van der Waals surface area contributed by atoms with Crippen LogP contribution in [0.15, 0.2) is 0 Å². The molecule has 0 radical (unpaired) electrons. The Morgan fingerprint density at radius 3 is 2.85 bits per heavy atom. The van der Waals surface area contributed by atoms with Crippen molar-refractivity contribution in [1.82, 2.24) is 10.2 Å². The summed E-state index contributed by atoms with van der Waals surface area (Å²) in [5.74, 6) is 0.990. The van der Waals surface area contributed by atoms with Gasteiger partial charge in [-0.2, -0.15) is 12.6 Å². The molecule has 1 rings (SSSR count). The van der Waals surface area contributed by atoms with Crippen molar-refractivity contribution in [3.63, 3.8) is 0 Å². The van der Waals surface area contributed by atoms with Crippen molar-refractivity contribution in [2.45, 2.75) is 31.7 Å². The maximum absolute atomic E-state index is 4.28. The molecule has 0 aromatic rings. The largest absolute Gasteiger partial charge is 0.317 e. The fourth-order valence-corrected chi connectivity index (χ4v) is 2.26. The summed E-state index contributed by atoms with van der Waals surface area (Å²) in [6.07, 6.45) is 5.37. The Hall–Kier alpha value is 0.270. The first-order chi connectivity index (χ1) is 6.36. The lowest BCUT2D eigenvalue weighted by molar-refractivity contribution is 0.243. The van der Waals surface area contributed by atoms with E-state index in [1.54, 1.807) is 0 Å². The standard InChI is InChI=1S/C10H22N2S/c1-11-10-4-2-3-6-12(7-5-10)8-9-13/h10-11,13H,2-9H2,1H3. The van der Waals surface area contributed by atoms with Gasteiger partial charge in [-0.25, -0.2) is 0 Å². The Bertz CT molecular complexity index is 130. The van der Waals surface area contributed by atoms with Crippen molar-refractivity contribution in [3.05, 3.63) is 0 Å². The summed E-state index contributed by atoms with van der Waals surface area (Å²) in [5, 5.41) is 3.39. The van der Waals surface area contributed by atoms with Crippen molar-refractivity contribution in [2.24, 2.45) is 0 Å². The molecule has 0 saturated carbocycles. The first-order valence-electron chi connectivity index (χ1n) is 5.37. The molecule has 1 unspecified atom stereocenters. The van der Waals surface area contributed by atoms with Gasteiger partial charge in [0.15, 0.2) is 0 Å². The number of rotatable bonds is 3. The summed E-state index contributed by atoms with van der Waals surface area (Å²) in [6.45, 7) is 3.67. The van der Waals surface area contributed by atoms with Gasteiger partial charge in [-0.3, -0.25) is 0 Å². The third-order valence-corrected chi connectivity index (χ3v) is 3.10. The van der Waals surface area contributed by atoms with Gasteiger partial charge in [0.1, 0.15) is 0 Å². The minimum Gasteiger partial charge on any atom is -0.317 e. The Balaban J connectivity index is 2.27. The Morgan fingerprint density at radius 1 is 1.31 bits per heavy atom. The van der Waals surface area contributed by atoms with Crippen molar-refractivity contribution in [3.8, 4) is 0 Å². The predicted octanol–water partition coefficient (Wildman–Crippen LogP) is 1.38. The highest BCUT2D eigenvalue weighted by Crippen LogP contribution is 2.10. The van der Waals surface area contributed by atoms with E-state index < -0.39 is 0 Å². The second kappa shape index (κ2) is 6.68. The minimum absolute atomic E-state index is 0.739. The van der Waals surface area contributed by atoms with Crippen LogP contribution in [0.5, 0.6) is 0 Å². The van der Waals surface area contributed by atoms with E-state index in [0.717, 1.165) is 18.3 Å². The normalized spacial score (nSPS) is 26.8. The molecular weight excluding hydrogens is 180 g/mol. The molecule has 1 N–H and O–H groups in total. The topological polar surface area (TPSA) is 15.3 Å². The summed E-state index contributed by atoms with van der Waals surface area (Å²) in [4.78, 5) is 2.54. The van der Waals surface area contributed by atoms with Gasteiger partial charge >= 0.3 is 0 Å². The zero-order valence-electron chi connectivity index (χ0n) is 8.63. The third kappa shape index (κ3) is 4.34. The van der Waals surface area contributed by atoms with Crippen LogP contribution < -0.4 is 5.32 Å². The molecule has 1 aliphatic heterocycles. The van der Waals surface area contributed by atoms with Gasteiger partial charge in [-0.15, -0.1) is 0 Å². The fourth-order valence-electron chi connectivity index (χ4n) is 1.97. The van der Waals surface area contributed by atoms with Crippen molar-refractivity contribution < 1.29 is 0 Å². The molecule has 13 heavy (non-hydrogen) atoms. The first kappa shape index (κ1) is 11.3. The Kier molecular flexibility index (Phi) is 5.83. The maximum atomic E-state index is 4.28. The van der Waals surface area contributed by atoms with Crippen LogP contribution in [0.4, 0.5) is 0 Å². The molecule has 78 valence electrons. The number of likely N-dealkylation sites (tertiary alicyclic amines) is 1. The lowest BCUT2D eigenvalue weighted by atomic mass is 10.0. The maximum Gasteiger partial charge on any atom is 0.00762 e. The number of nitrogens with one attached hydrogen (secondary N) is 1. The van der Waals surface area contributed by atoms with Crippen LogP contribution in [0.2, 0.25) is 0 Å². The van der Waals surface area contributed by atoms with E-state index in [1.807, 2.05) is 0 Å². The SMILES string of the molecule is CNC1CCCCN(CCS)CC1. The molecular formula is C10H22N2S. The van der Waals surface area contributed by atoms with Gasteiger partial charge in [0.05, 0.1) is 0 Å². The molecule has 1 heterocycles. The molecule has 1 fully saturated rings. The van der Waals surface area contributed by atoms with E-state index in [-0.39, 0.29) is 0 Å². The average Bonchev–Trinajstić information content (AvgIpc) is 2.11. The van der Waals surface area contributed by atoms with Crippen LogP contribution in [0.1, 0.15) is 25.7 Å². The number of hydrogen-bond acceptors (Lipinski definition) is 3. The monoisotopic (exact) mass is 202 g/mol. The van der Waals surface area contributed by atoms with Gasteiger partial charge in [0.25, 0.3) is 0 Å². The molecule has 2 nitrogen and oxygen atoms in total. The van der Waals surface area contributed by atoms with Crippen LogP contribution in [0.25, 0.3) is 0 Å². The second-order valence-corrected chi connectivity index (χ2v) is 4.28. The zero-order valence-corrected chi connectivity index (χ0v) is 9.52. The van der Waals surface area contributed by atoms with Crippen molar-refractivity contribution >= 4 is 12.6 Å². The summed E-state index contributed by atoms with van der Waals surface area (Å²) < 4.78 is 0. The molecule has 0 aliphatic carbocycles. The van der Waals surface area contributed by atoms with Crippen molar-refractivity contribution in [1.29, 1.82) is 0 Å². The van der Waals surface area contributed by atoms with E-state index in [9.17, 15) is 0 Å². The molecule has 1 aliphatic rings. The van der Waals surface area contributed by atoms with E-state index in [4.69, 9.17) is 0 Å². The van der Waals surface area contributed by atoms with Crippen LogP contribution in [-0.4, -0.2) is 43.4 Å². The third-order valence-electron chi connectivity index (χ3n) is 2.90. The van der Waals surface area contributed by atoms with Gasteiger partial charge in [-0.05, 0) is 39.4 Å². The lowest BCUT2D eigenvalue weighted by Crippen LogP contribution is -2.36. The molecule has 0 aromatic carbocycles. The number of nitrogens with zero attached hydrogens (tertiary/aromatic N) is 1. The van der Waals surface area contributed by atoms with Crippen LogP contribution >= 0.6 is 12.6 Å². The van der Waals surface area contributed by atoms with Crippen LogP contribution in [0, 0.1) is 0 Å². The molecule has 1 atom stereocenters. The van der Waals surface area contributed by atoms with Crippen molar-refractivity contribution in [2.75, 3.05) is 32.4 Å². The predicted molar refractivity (Wildman–Crippen MR) is 61.6 cm³/mol. The van der Waals surface area contributed by atoms with Gasteiger partial charge in [-0.1, -0.05) is 6.42 Å². The van der Waals surface area contributed by atoms with Crippen LogP contribution in [-0.2, 0) is 0 Å². The minimum atomic E-state index is 0.739. The van der Waals surface area contributed by atoms with Gasteiger partial charge < -0.3 is 10.2 Å². The molecule has 0 spiro atoms. The summed E-state index contributed by atoms with van der Waals surface area (Å²) in [6, 6.07) is 0.739. The number of thiol groups is 1. The number of hydrogen-bond donors (Lipinski definition) is 2. The molecule has 3 heteroatoms. The van der Waals surface area contributed by atoms with Crippen LogP contribution in [0.3, 0.4) is 0 Å². The lowest BCUT2D eigenvalue weighted by Gasteiger charge is -2.27. The highest BCUT2D eigenvalue weighted by atomic mass is 32.1. The molecule has 0 aromatic heterocycles. The summed E-state index contributed by atoms with van der Waals surface area (Å²) >= 11 is 4.28. The highest BCUT2D eigenvalue weighted by molar-refractivity contribution is 7.80. The smallest absolute Gasteiger partial charge is 0.00762 e. The average molecular weight is 202 g/mol. The van der Waals surface area contributed by atoms with E-state index in [1.165, 1.54) is 38.8 Å². The summed E-state index contributed by atoms with van der Waals surface area (Å²) in [7, 11) is 2.08. The summed E-state index contributed by atoms with van der Waals surface area (Å²) in [5.41, 5.74) is 0. The second-order valence-electron chi connectivity index (χ2n) is 3.84. The van der Waals surface area contributed by atoms with E-state index in [0.29, 0.717) is 0 Å². The molecule has 0 bridgehead atoms. The molecule has 1 saturated heterocycles. The van der Waals surface area contributed by atoms with E-state index >= 15 is 0 Å². The molecule has 0 amide bonds. The first-order valence-corrected chi connectivity index (χ1v) is 6.00. The Morgan fingerprint density at radius 2 is 2.15 bits per heavy atom. The highest BCUT2D eigenvalue weighted by Gasteiger charge is 2.12. The zero-order chi connectivity index (χ0) is 9.52. The fraction of sp³-hybridized carbons (Fsp3) is 1.00. The van der Waals surface area contributed by atoms with E-state index in [2.05, 4.69) is 29.9 Å².